The van der Waals surface area contributed by atoms with E-state index in [-0.39, 0.29) is 0 Å². The summed E-state index contributed by atoms with van der Waals surface area (Å²) in [5.41, 5.74) is 1.68. The minimum Gasteiger partial charge on any atom is -0.384 e. The number of benzene rings is 1. The number of hydrogen-bond acceptors (Lipinski definition) is 4. The van der Waals surface area contributed by atoms with Crippen LogP contribution in [-0.4, -0.2) is 16.6 Å². The van der Waals surface area contributed by atoms with Crippen molar-refractivity contribution in [2.45, 2.75) is 50.2 Å². The zero-order chi connectivity index (χ0) is 15.0. The van der Waals surface area contributed by atoms with E-state index in [1.807, 2.05) is 23.6 Å². The first-order valence-corrected chi connectivity index (χ1v) is 9.02. The Morgan fingerprint density at radius 3 is 3.00 bits per heavy atom. The molecule has 1 unspecified atom stereocenters. The molecule has 0 radical (unpaired) electrons. The molecule has 2 aliphatic rings. The van der Waals surface area contributed by atoms with Gasteiger partial charge in [-0.3, -0.25) is 0 Å². The van der Waals surface area contributed by atoms with Crippen LogP contribution >= 0.6 is 11.3 Å². The molecule has 0 amide bonds. The summed E-state index contributed by atoms with van der Waals surface area (Å²) in [6.45, 7) is 1.41. The predicted octanol–water partition coefficient (Wildman–Crippen LogP) is 3.33. The Morgan fingerprint density at radius 1 is 1.32 bits per heavy atom. The normalized spacial score (nSPS) is 24.2. The number of rotatable bonds is 5. The molecule has 4 rings (SSSR count). The van der Waals surface area contributed by atoms with Gasteiger partial charge in [-0.1, -0.05) is 30.7 Å². The molecule has 0 spiro atoms. The van der Waals surface area contributed by atoms with E-state index in [1.165, 1.54) is 34.7 Å². The van der Waals surface area contributed by atoms with Crippen LogP contribution in [0.1, 0.15) is 52.6 Å². The highest BCUT2D eigenvalue weighted by molar-refractivity contribution is 7.11. The highest BCUT2D eigenvalue weighted by atomic mass is 32.1. The molecule has 0 aliphatic heterocycles. The van der Waals surface area contributed by atoms with Crippen LogP contribution in [0.5, 0.6) is 0 Å². The summed E-state index contributed by atoms with van der Waals surface area (Å²) in [6.07, 6.45) is 7.74. The number of fused-ring (bicyclic) bond motifs is 1. The molecule has 1 saturated carbocycles. The van der Waals surface area contributed by atoms with Crippen molar-refractivity contribution in [3.05, 3.63) is 51.5 Å². The van der Waals surface area contributed by atoms with Crippen LogP contribution in [0.3, 0.4) is 0 Å². The van der Waals surface area contributed by atoms with Gasteiger partial charge in [-0.2, -0.15) is 0 Å². The Kier molecular flexibility index (Phi) is 3.76. The van der Waals surface area contributed by atoms with Crippen LogP contribution in [0, 0.1) is 0 Å². The maximum atomic E-state index is 10.9. The lowest BCUT2D eigenvalue weighted by Crippen LogP contribution is -2.35. The molecule has 0 bridgehead atoms. The average Bonchev–Trinajstić information content (AvgIpc) is 3.04. The summed E-state index contributed by atoms with van der Waals surface area (Å²) in [6, 6.07) is 8.26. The Bertz CT molecular complexity index is 665. The zero-order valence-electron chi connectivity index (χ0n) is 12.7. The summed E-state index contributed by atoms with van der Waals surface area (Å²) >= 11 is 1.83. The first-order valence-electron chi connectivity index (χ1n) is 8.21. The number of thiazole rings is 1. The number of aryl methyl sites for hydroxylation is 1. The van der Waals surface area contributed by atoms with E-state index in [0.717, 1.165) is 24.9 Å². The molecule has 2 aliphatic carbocycles. The molecule has 1 fully saturated rings. The third kappa shape index (κ3) is 2.60. The van der Waals surface area contributed by atoms with E-state index in [0.29, 0.717) is 12.5 Å². The third-order valence-corrected chi connectivity index (χ3v) is 6.23. The Balaban J connectivity index is 1.36. The van der Waals surface area contributed by atoms with Gasteiger partial charge in [0.15, 0.2) is 0 Å². The fourth-order valence-electron chi connectivity index (χ4n) is 3.49. The lowest BCUT2D eigenvalue weighted by Gasteiger charge is -2.24. The molecule has 1 aromatic heterocycles. The van der Waals surface area contributed by atoms with Gasteiger partial charge in [0, 0.05) is 30.1 Å². The maximum absolute atomic E-state index is 10.9. The monoisotopic (exact) mass is 314 g/mol. The number of hydrogen-bond donors (Lipinski definition) is 2. The minimum atomic E-state index is -0.710. The molecule has 22 heavy (non-hydrogen) atoms. The molecule has 2 N–H and O–H groups in total. The molecule has 116 valence electrons. The van der Waals surface area contributed by atoms with Crippen LogP contribution in [0.2, 0.25) is 0 Å². The van der Waals surface area contributed by atoms with Gasteiger partial charge in [-0.25, -0.2) is 4.98 Å². The van der Waals surface area contributed by atoms with E-state index >= 15 is 0 Å². The van der Waals surface area contributed by atoms with Crippen molar-refractivity contribution in [3.8, 4) is 0 Å². The number of aliphatic hydroxyl groups is 1. The van der Waals surface area contributed by atoms with Gasteiger partial charge < -0.3 is 10.4 Å². The van der Waals surface area contributed by atoms with E-state index in [1.54, 1.807) is 0 Å². The molecule has 0 saturated heterocycles. The number of nitrogens with one attached hydrogen (secondary N) is 1. The topological polar surface area (TPSA) is 45.1 Å². The maximum Gasteiger partial charge on any atom is 0.103 e. The highest BCUT2D eigenvalue weighted by Crippen LogP contribution is 2.38. The summed E-state index contributed by atoms with van der Waals surface area (Å²) in [4.78, 5) is 5.83. The van der Waals surface area contributed by atoms with Crippen molar-refractivity contribution >= 4 is 11.3 Å². The van der Waals surface area contributed by atoms with Crippen LogP contribution in [-0.2, 0) is 18.6 Å². The first-order chi connectivity index (χ1) is 10.7. The summed E-state index contributed by atoms with van der Waals surface area (Å²) in [5.74, 6) is 0.713. The summed E-state index contributed by atoms with van der Waals surface area (Å²) < 4.78 is 0. The van der Waals surface area contributed by atoms with Crippen LogP contribution < -0.4 is 5.32 Å². The third-order valence-electron chi connectivity index (χ3n) is 5.07. The smallest absolute Gasteiger partial charge is 0.103 e. The van der Waals surface area contributed by atoms with E-state index in [2.05, 4.69) is 28.5 Å². The van der Waals surface area contributed by atoms with E-state index < -0.39 is 5.60 Å². The van der Waals surface area contributed by atoms with Gasteiger partial charge in [-0.15, -0.1) is 11.3 Å². The fraction of sp³-hybridized carbons (Fsp3) is 0.500. The lowest BCUT2D eigenvalue weighted by atomic mass is 9.86. The number of nitrogens with zero attached hydrogens (tertiary/aromatic N) is 1. The molecule has 4 heteroatoms. The second kappa shape index (κ2) is 5.76. The van der Waals surface area contributed by atoms with Gasteiger partial charge in [0.2, 0.25) is 0 Å². The molecular formula is C18H22N2OS. The fourth-order valence-corrected chi connectivity index (χ4v) is 4.55. The van der Waals surface area contributed by atoms with Gasteiger partial charge >= 0.3 is 0 Å². The standard InChI is InChI=1S/C18H22N2OS/c21-18(9-8-13-4-1-2-7-16(13)18)12-19-10-15-11-20-17(22-15)14-5-3-6-14/h1-2,4,7,11,14,19,21H,3,5-6,8-10,12H2. The number of aromatic nitrogens is 1. The average molecular weight is 314 g/mol. The molecule has 2 aromatic rings. The van der Waals surface area contributed by atoms with Crippen LogP contribution in [0.4, 0.5) is 0 Å². The SMILES string of the molecule is OC1(CNCc2cnc(C3CCC3)s2)CCc2ccccc21. The molecule has 1 aromatic carbocycles. The summed E-state index contributed by atoms with van der Waals surface area (Å²) in [7, 11) is 0. The van der Waals surface area contributed by atoms with Crippen LogP contribution in [0.15, 0.2) is 30.5 Å². The largest absolute Gasteiger partial charge is 0.384 e. The van der Waals surface area contributed by atoms with Gasteiger partial charge in [0.1, 0.15) is 5.60 Å². The Morgan fingerprint density at radius 2 is 2.18 bits per heavy atom. The Labute approximate surface area is 135 Å². The second-order valence-corrected chi connectivity index (χ2v) is 7.73. The molecule has 3 nitrogen and oxygen atoms in total. The van der Waals surface area contributed by atoms with Crippen LogP contribution in [0.25, 0.3) is 0 Å². The second-order valence-electron chi connectivity index (χ2n) is 6.58. The predicted molar refractivity (Wildman–Crippen MR) is 89.1 cm³/mol. The van der Waals surface area contributed by atoms with Crippen molar-refractivity contribution < 1.29 is 5.11 Å². The Hall–Kier alpha value is -1.23. The van der Waals surface area contributed by atoms with Crippen molar-refractivity contribution in [3.63, 3.8) is 0 Å². The van der Waals surface area contributed by atoms with Crippen molar-refractivity contribution in [1.82, 2.24) is 10.3 Å². The lowest BCUT2D eigenvalue weighted by molar-refractivity contribution is 0.0385. The van der Waals surface area contributed by atoms with Gasteiger partial charge in [0.25, 0.3) is 0 Å². The minimum absolute atomic E-state index is 0.612. The first kappa shape index (κ1) is 14.4. The zero-order valence-corrected chi connectivity index (χ0v) is 13.5. The van der Waals surface area contributed by atoms with Crippen molar-refractivity contribution in [1.29, 1.82) is 0 Å². The quantitative estimate of drug-likeness (QED) is 0.890. The van der Waals surface area contributed by atoms with E-state index in [9.17, 15) is 5.11 Å². The van der Waals surface area contributed by atoms with Crippen molar-refractivity contribution in [2.75, 3.05) is 6.54 Å². The molecule has 1 heterocycles. The molecular weight excluding hydrogens is 292 g/mol. The van der Waals surface area contributed by atoms with Gasteiger partial charge in [-0.05, 0) is 36.8 Å². The van der Waals surface area contributed by atoms with E-state index in [4.69, 9.17) is 0 Å². The molecule has 1 atom stereocenters. The highest BCUT2D eigenvalue weighted by Gasteiger charge is 2.35. The van der Waals surface area contributed by atoms with Crippen molar-refractivity contribution in [2.24, 2.45) is 0 Å². The summed E-state index contributed by atoms with van der Waals surface area (Å²) in [5, 5.41) is 15.6. The van der Waals surface area contributed by atoms with Gasteiger partial charge in [0.05, 0.1) is 5.01 Å².